The molecule has 1 aromatic rings. The van der Waals surface area contributed by atoms with Gasteiger partial charge in [0, 0.05) is 31.2 Å². The molecule has 1 aromatic carbocycles. The molecule has 1 atom stereocenters. The summed E-state index contributed by atoms with van der Waals surface area (Å²) in [5, 5.41) is 4.29. The van der Waals surface area contributed by atoms with Crippen LogP contribution in [0.15, 0.2) is 24.3 Å². The van der Waals surface area contributed by atoms with Crippen molar-refractivity contribution >= 4 is 11.6 Å². The van der Waals surface area contributed by atoms with Crippen molar-refractivity contribution in [3.63, 3.8) is 0 Å². The van der Waals surface area contributed by atoms with Crippen molar-refractivity contribution in [1.82, 2.24) is 10.2 Å². The number of benzene rings is 1. The number of hydrogen-bond donors (Lipinski definition) is 1. The molecule has 1 heterocycles. The van der Waals surface area contributed by atoms with Crippen molar-refractivity contribution in [2.45, 2.75) is 13.3 Å². The van der Waals surface area contributed by atoms with Gasteiger partial charge in [0.05, 0.1) is 0 Å². The molecule has 0 radical (unpaired) electrons. The Kier molecular flexibility index (Phi) is 4.84. The van der Waals surface area contributed by atoms with Gasteiger partial charge in [-0.3, -0.25) is 0 Å². The maximum atomic E-state index is 5.88. The molecule has 1 aliphatic heterocycles. The largest absolute Gasteiger partial charge is 0.315 e. The van der Waals surface area contributed by atoms with Crippen molar-refractivity contribution in [2.75, 3.05) is 32.7 Å². The zero-order valence-electron chi connectivity index (χ0n) is 10.5. The Labute approximate surface area is 109 Å². The van der Waals surface area contributed by atoms with Crippen molar-refractivity contribution < 1.29 is 0 Å². The highest BCUT2D eigenvalue weighted by Gasteiger charge is 2.13. The molecule has 1 N–H and O–H groups in total. The minimum absolute atomic E-state index is 0.753. The summed E-state index contributed by atoms with van der Waals surface area (Å²) in [6.07, 6.45) is 1.11. The molecule has 0 aliphatic carbocycles. The van der Waals surface area contributed by atoms with Crippen LogP contribution in [-0.2, 0) is 6.42 Å². The minimum Gasteiger partial charge on any atom is -0.315 e. The van der Waals surface area contributed by atoms with Crippen molar-refractivity contribution in [3.8, 4) is 0 Å². The molecule has 1 unspecified atom stereocenters. The van der Waals surface area contributed by atoms with Crippen molar-refractivity contribution in [2.24, 2.45) is 5.92 Å². The van der Waals surface area contributed by atoms with Gasteiger partial charge in [-0.15, -0.1) is 0 Å². The predicted molar refractivity (Wildman–Crippen MR) is 73.6 cm³/mol. The second-order valence-corrected chi connectivity index (χ2v) is 5.42. The van der Waals surface area contributed by atoms with Crippen LogP contribution in [0, 0.1) is 5.92 Å². The third-order valence-electron chi connectivity index (χ3n) is 3.30. The molecule has 1 fully saturated rings. The van der Waals surface area contributed by atoms with Crippen LogP contribution in [0.25, 0.3) is 0 Å². The first-order valence-corrected chi connectivity index (χ1v) is 6.79. The van der Waals surface area contributed by atoms with Gasteiger partial charge < -0.3 is 10.2 Å². The molecule has 17 heavy (non-hydrogen) atoms. The van der Waals surface area contributed by atoms with Gasteiger partial charge in [-0.2, -0.15) is 0 Å². The number of nitrogens with one attached hydrogen (secondary N) is 1. The molecule has 1 saturated heterocycles. The van der Waals surface area contributed by atoms with E-state index in [1.807, 2.05) is 12.1 Å². The molecule has 0 amide bonds. The second kappa shape index (κ2) is 6.39. The summed E-state index contributed by atoms with van der Waals surface area (Å²) in [6.45, 7) is 8.10. The number of rotatable bonds is 3. The average molecular weight is 253 g/mol. The summed E-state index contributed by atoms with van der Waals surface area (Å²) >= 11 is 5.88. The van der Waals surface area contributed by atoms with Crippen molar-refractivity contribution in [3.05, 3.63) is 34.9 Å². The third kappa shape index (κ3) is 4.30. The van der Waals surface area contributed by atoms with E-state index in [0.717, 1.165) is 43.5 Å². The lowest BCUT2D eigenvalue weighted by Gasteiger charge is -2.21. The van der Waals surface area contributed by atoms with Gasteiger partial charge in [0.1, 0.15) is 0 Å². The molecule has 0 bridgehead atoms. The molecular weight excluding hydrogens is 232 g/mol. The highest BCUT2D eigenvalue weighted by Crippen LogP contribution is 2.11. The SMILES string of the molecule is CC1CNCCN(CCc2ccc(Cl)cc2)C1. The lowest BCUT2D eigenvalue weighted by atomic mass is 10.1. The van der Waals surface area contributed by atoms with Crippen LogP contribution in [0.5, 0.6) is 0 Å². The molecule has 0 spiro atoms. The Bertz CT molecular complexity index is 337. The van der Waals surface area contributed by atoms with Gasteiger partial charge in [-0.05, 0) is 36.6 Å². The van der Waals surface area contributed by atoms with Crippen LogP contribution < -0.4 is 5.32 Å². The van der Waals surface area contributed by atoms with E-state index in [9.17, 15) is 0 Å². The zero-order chi connectivity index (χ0) is 12.1. The van der Waals surface area contributed by atoms with E-state index in [1.54, 1.807) is 0 Å². The molecule has 3 heteroatoms. The molecule has 94 valence electrons. The van der Waals surface area contributed by atoms with Crippen LogP contribution in [0.4, 0.5) is 0 Å². The van der Waals surface area contributed by atoms with Gasteiger partial charge in [-0.1, -0.05) is 30.7 Å². The van der Waals surface area contributed by atoms with Gasteiger partial charge in [-0.25, -0.2) is 0 Å². The van der Waals surface area contributed by atoms with Gasteiger partial charge in [0.2, 0.25) is 0 Å². The fraction of sp³-hybridized carbons (Fsp3) is 0.571. The molecule has 1 aliphatic rings. The van der Waals surface area contributed by atoms with Crippen molar-refractivity contribution in [1.29, 1.82) is 0 Å². The fourth-order valence-electron chi connectivity index (χ4n) is 2.32. The van der Waals surface area contributed by atoms with E-state index in [1.165, 1.54) is 12.1 Å². The second-order valence-electron chi connectivity index (χ2n) is 4.99. The van der Waals surface area contributed by atoms with Gasteiger partial charge in [0.15, 0.2) is 0 Å². The normalized spacial score (nSPS) is 22.4. The third-order valence-corrected chi connectivity index (χ3v) is 3.55. The first-order valence-electron chi connectivity index (χ1n) is 6.41. The van der Waals surface area contributed by atoms with Gasteiger partial charge in [0.25, 0.3) is 0 Å². The van der Waals surface area contributed by atoms with Gasteiger partial charge >= 0.3 is 0 Å². The van der Waals surface area contributed by atoms with E-state index in [0.29, 0.717) is 0 Å². The maximum Gasteiger partial charge on any atom is 0.0406 e. The summed E-state index contributed by atoms with van der Waals surface area (Å²) in [7, 11) is 0. The highest BCUT2D eigenvalue weighted by molar-refractivity contribution is 6.30. The van der Waals surface area contributed by atoms with Crippen LogP contribution in [0.3, 0.4) is 0 Å². The predicted octanol–water partition coefficient (Wildman–Crippen LogP) is 2.42. The Morgan fingerprint density at radius 2 is 2.12 bits per heavy atom. The minimum atomic E-state index is 0.753. The molecular formula is C14H21ClN2. The maximum absolute atomic E-state index is 5.88. The standard InChI is InChI=1S/C14H21ClN2/c1-12-10-16-7-9-17(11-12)8-6-13-2-4-14(15)5-3-13/h2-5,12,16H,6-11H2,1H3. The molecule has 0 saturated carbocycles. The molecule has 0 aromatic heterocycles. The Balaban J connectivity index is 1.82. The molecule has 2 rings (SSSR count). The lowest BCUT2D eigenvalue weighted by Crippen LogP contribution is -2.31. The lowest BCUT2D eigenvalue weighted by molar-refractivity contribution is 0.268. The summed E-state index contributed by atoms with van der Waals surface area (Å²) in [6, 6.07) is 8.21. The topological polar surface area (TPSA) is 15.3 Å². The highest BCUT2D eigenvalue weighted by atomic mass is 35.5. The van der Waals surface area contributed by atoms with E-state index >= 15 is 0 Å². The summed E-state index contributed by atoms with van der Waals surface area (Å²) < 4.78 is 0. The molecule has 2 nitrogen and oxygen atoms in total. The monoisotopic (exact) mass is 252 g/mol. The number of nitrogens with zero attached hydrogens (tertiary/aromatic N) is 1. The zero-order valence-corrected chi connectivity index (χ0v) is 11.2. The number of halogens is 1. The average Bonchev–Trinajstić information content (AvgIpc) is 2.53. The van der Waals surface area contributed by atoms with E-state index < -0.39 is 0 Å². The quantitative estimate of drug-likeness (QED) is 0.889. The van der Waals surface area contributed by atoms with Crippen LogP contribution in [0.2, 0.25) is 5.02 Å². The van der Waals surface area contributed by atoms with Crippen LogP contribution >= 0.6 is 11.6 Å². The fourth-order valence-corrected chi connectivity index (χ4v) is 2.45. The number of hydrogen-bond acceptors (Lipinski definition) is 2. The van der Waals surface area contributed by atoms with Crippen LogP contribution in [-0.4, -0.2) is 37.6 Å². The first kappa shape index (κ1) is 12.9. The Morgan fingerprint density at radius 3 is 2.88 bits per heavy atom. The van der Waals surface area contributed by atoms with E-state index in [4.69, 9.17) is 11.6 Å². The van der Waals surface area contributed by atoms with Crippen LogP contribution in [0.1, 0.15) is 12.5 Å². The van der Waals surface area contributed by atoms with E-state index in [-0.39, 0.29) is 0 Å². The summed E-state index contributed by atoms with van der Waals surface area (Å²) in [4.78, 5) is 2.55. The smallest absolute Gasteiger partial charge is 0.0406 e. The summed E-state index contributed by atoms with van der Waals surface area (Å²) in [5.74, 6) is 0.753. The first-order chi connectivity index (χ1) is 8.24. The Morgan fingerprint density at radius 1 is 1.35 bits per heavy atom. The van der Waals surface area contributed by atoms with E-state index in [2.05, 4.69) is 29.3 Å². The summed E-state index contributed by atoms with van der Waals surface area (Å²) in [5.41, 5.74) is 1.37. The Hall–Kier alpha value is -0.570.